The highest BCUT2D eigenvalue weighted by Crippen LogP contribution is 2.28. The van der Waals surface area contributed by atoms with E-state index in [0.29, 0.717) is 6.04 Å². The summed E-state index contributed by atoms with van der Waals surface area (Å²) >= 11 is 0. The first kappa shape index (κ1) is 14.3. The standard InChI is InChI=1S/C15H25N3O/c1-10-11(2)14(19-4)6-5-12(10)15(16)13-9-18(3)8-7-17-13/h5-6,13,15,17H,7-9,16H2,1-4H3. The predicted octanol–water partition coefficient (Wildman–Crippen LogP) is 1.22. The van der Waals surface area contributed by atoms with Gasteiger partial charge in [0.15, 0.2) is 0 Å². The lowest BCUT2D eigenvalue weighted by Crippen LogP contribution is -2.53. The third-order valence-corrected chi connectivity index (χ3v) is 4.20. The van der Waals surface area contributed by atoms with Gasteiger partial charge in [0.1, 0.15) is 5.75 Å². The van der Waals surface area contributed by atoms with Crippen LogP contribution in [0.1, 0.15) is 22.7 Å². The highest BCUT2D eigenvalue weighted by Gasteiger charge is 2.25. The molecule has 3 N–H and O–H groups in total. The van der Waals surface area contributed by atoms with Gasteiger partial charge in [-0.3, -0.25) is 0 Å². The summed E-state index contributed by atoms with van der Waals surface area (Å²) in [5.41, 5.74) is 10.1. The largest absolute Gasteiger partial charge is 0.496 e. The van der Waals surface area contributed by atoms with Crippen LogP contribution in [0.5, 0.6) is 5.75 Å². The van der Waals surface area contributed by atoms with Crippen LogP contribution in [0.4, 0.5) is 0 Å². The van der Waals surface area contributed by atoms with Gasteiger partial charge >= 0.3 is 0 Å². The molecule has 0 bridgehead atoms. The van der Waals surface area contributed by atoms with Crippen molar-refractivity contribution in [1.29, 1.82) is 0 Å². The minimum Gasteiger partial charge on any atom is -0.496 e. The summed E-state index contributed by atoms with van der Waals surface area (Å²) in [4.78, 5) is 2.33. The van der Waals surface area contributed by atoms with Gasteiger partial charge in [0.05, 0.1) is 7.11 Å². The number of hydrogen-bond acceptors (Lipinski definition) is 4. The first-order valence-corrected chi connectivity index (χ1v) is 6.86. The topological polar surface area (TPSA) is 50.5 Å². The molecule has 0 aliphatic carbocycles. The van der Waals surface area contributed by atoms with Crippen LogP contribution < -0.4 is 15.8 Å². The van der Waals surface area contributed by atoms with Gasteiger partial charge in [-0.15, -0.1) is 0 Å². The average molecular weight is 263 g/mol. The van der Waals surface area contributed by atoms with Crippen molar-refractivity contribution >= 4 is 0 Å². The third kappa shape index (κ3) is 2.91. The van der Waals surface area contributed by atoms with Crippen LogP contribution in [0.2, 0.25) is 0 Å². The van der Waals surface area contributed by atoms with Crippen molar-refractivity contribution in [1.82, 2.24) is 10.2 Å². The molecule has 1 fully saturated rings. The van der Waals surface area contributed by atoms with Gasteiger partial charge in [-0.05, 0) is 43.7 Å². The summed E-state index contributed by atoms with van der Waals surface area (Å²) in [6.07, 6.45) is 0. The van der Waals surface area contributed by atoms with E-state index in [2.05, 4.69) is 37.2 Å². The van der Waals surface area contributed by atoms with Gasteiger partial charge in [-0.2, -0.15) is 0 Å². The van der Waals surface area contributed by atoms with Crippen molar-refractivity contribution in [2.75, 3.05) is 33.8 Å². The number of nitrogens with two attached hydrogens (primary N) is 1. The SMILES string of the molecule is COc1ccc(C(N)C2CN(C)CCN2)c(C)c1C. The fourth-order valence-electron chi connectivity index (χ4n) is 2.79. The molecule has 1 aromatic carbocycles. The van der Waals surface area contributed by atoms with Crippen LogP contribution in [-0.2, 0) is 0 Å². The zero-order chi connectivity index (χ0) is 14.0. The van der Waals surface area contributed by atoms with Gasteiger partial charge in [0, 0.05) is 31.7 Å². The summed E-state index contributed by atoms with van der Waals surface area (Å²) in [6.45, 7) is 7.29. The van der Waals surface area contributed by atoms with E-state index in [-0.39, 0.29) is 6.04 Å². The molecule has 1 aliphatic heterocycles. The Morgan fingerprint density at radius 1 is 1.37 bits per heavy atom. The van der Waals surface area contributed by atoms with E-state index in [0.717, 1.165) is 25.4 Å². The number of rotatable bonds is 3. The fourth-order valence-corrected chi connectivity index (χ4v) is 2.79. The maximum atomic E-state index is 6.46. The first-order chi connectivity index (χ1) is 9.04. The summed E-state index contributed by atoms with van der Waals surface area (Å²) in [6, 6.07) is 4.45. The molecule has 0 radical (unpaired) electrons. The smallest absolute Gasteiger partial charge is 0.122 e. The van der Waals surface area contributed by atoms with E-state index in [1.165, 1.54) is 16.7 Å². The lowest BCUT2D eigenvalue weighted by atomic mass is 9.92. The number of piperazine rings is 1. The molecule has 1 aliphatic rings. The Balaban J connectivity index is 2.23. The van der Waals surface area contributed by atoms with Crippen molar-refractivity contribution < 1.29 is 4.74 Å². The Morgan fingerprint density at radius 2 is 2.11 bits per heavy atom. The van der Waals surface area contributed by atoms with E-state index in [4.69, 9.17) is 10.5 Å². The quantitative estimate of drug-likeness (QED) is 0.861. The summed E-state index contributed by atoms with van der Waals surface area (Å²) in [7, 11) is 3.85. The maximum Gasteiger partial charge on any atom is 0.122 e. The zero-order valence-corrected chi connectivity index (χ0v) is 12.4. The fraction of sp³-hybridized carbons (Fsp3) is 0.600. The zero-order valence-electron chi connectivity index (χ0n) is 12.4. The van der Waals surface area contributed by atoms with E-state index < -0.39 is 0 Å². The van der Waals surface area contributed by atoms with Crippen LogP contribution in [0, 0.1) is 13.8 Å². The highest BCUT2D eigenvalue weighted by molar-refractivity contribution is 5.45. The van der Waals surface area contributed by atoms with Gasteiger partial charge in [-0.1, -0.05) is 6.07 Å². The summed E-state index contributed by atoms with van der Waals surface area (Å²) in [5, 5.41) is 3.53. The monoisotopic (exact) mass is 263 g/mol. The Morgan fingerprint density at radius 3 is 2.74 bits per heavy atom. The number of nitrogens with zero attached hydrogens (tertiary/aromatic N) is 1. The molecule has 106 valence electrons. The molecule has 1 saturated heterocycles. The minimum absolute atomic E-state index is 0.0207. The number of hydrogen-bond donors (Lipinski definition) is 2. The molecule has 2 unspecified atom stereocenters. The highest BCUT2D eigenvalue weighted by atomic mass is 16.5. The van der Waals surface area contributed by atoms with Crippen molar-refractivity contribution in [2.24, 2.45) is 5.73 Å². The molecule has 4 nitrogen and oxygen atoms in total. The molecule has 1 heterocycles. The third-order valence-electron chi connectivity index (χ3n) is 4.20. The minimum atomic E-state index is 0.0207. The van der Waals surface area contributed by atoms with Crippen LogP contribution in [0.15, 0.2) is 12.1 Å². The Bertz CT molecular complexity index is 447. The number of likely N-dealkylation sites (N-methyl/N-ethyl adjacent to an activating group) is 1. The van der Waals surface area contributed by atoms with Crippen molar-refractivity contribution in [3.05, 3.63) is 28.8 Å². The molecule has 0 saturated carbocycles. The van der Waals surface area contributed by atoms with Gasteiger partial charge in [0.25, 0.3) is 0 Å². The van der Waals surface area contributed by atoms with Crippen molar-refractivity contribution in [3.63, 3.8) is 0 Å². The molecular weight excluding hydrogens is 238 g/mol. The first-order valence-electron chi connectivity index (χ1n) is 6.86. The molecule has 0 aromatic heterocycles. The normalized spacial score (nSPS) is 22.3. The molecule has 19 heavy (non-hydrogen) atoms. The van der Waals surface area contributed by atoms with Crippen molar-refractivity contribution in [3.8, 4) is 5.75 Å². The second-order valence-electron chi connectivity index (χ2n) is 5.46. The van der Waals surface area contributed by atoms with Crippen LogP contribution in [0.3, 0.4) is 0 Å². The van der Waals surface area contributed by atoms with Gasteiger partial charge < -0.3 is 20.7 Å². The molecule has 2 atom stereocenters. The molecular formula is C15H25N3O. The van der Waals surface area contributed by atoms with E-state index in [1.54, 1.807) is 7.11 Å². The molecule has 4 heteroatoms. The van der Waals surface area contributed by atoms with Gasteiger partial charge in [0.2, 0.25) is 0 Å². The number of ether oxygens (including phenoxy) is 1. The Kier molecular flexibility index (Phi) is 4.45. The van der Waals surface area contributed by atoms with Crippen LogP contribution in [-0.4, -0.2) is 44.7 Å². The average Bonchev–Trinajstić information content (AvgIpc) is 2.41. The van der Waals surface area contributed by atoms with Crippen LogP contribution in [0.25, 0.3) is 0 Å². The second-order valence-corrected chi connectivity index (χ2v) is 5.46. The van der Waals surface area contributed by atoms with E-state index in [1.807, 2.05) is 6.07 Å². The Labute approximate surface area is 115 Å². The van der Waals surface area contributed by atoms with E-state index in [9.17, 15) is 0 Å². The molecule has 0 amide bonds. The number of nitrogens with one attached hydrogen (secondary N) is 1. The number of benzene rings is 1. The lowest BCUT2D eigenvalue weighted by Gasteiger charge is -2.35. The van der Waals surface area contributed by atoms with E-state index >= 15 is 0 Å². The van der Waals surface area contributed by atoms with Gasteiger partial charge in [-0.25, -0.2) is 0 Å². The lowest BCUT2D eigenvalue weighted by molar-refractivity contribution is 0.219. The second kappa shape index (κ2) is 5.90. The Hall–Kier alpha value is -1.10. The molecule has 0 spiro atoms. The predicted molar refractivity (Wildman–Crippen MR) is 78.7 cm³/mol. The van der Waals surface area contributed by atoms with Crippen LogP contribution >= 0.6 is 0 Å². The summed E-state index contributed by atoms with van der Waals surface area (Å²) < 4.78 is 5.36. The number of methoxy groups -OCH3 is 1. The maximum absolute atomic E-state index is 6.46. The molecule has 1 aromatic rings. The molecule has 2 rings (SSSR count). The summed E-state index contributed by atoms with van der Waals surface area (Å²) in [5.74, 6) is 0.933. The van der Waals surface area contributed by atoms with Crippen molar-refractivity contribution in [2.45, 2.75) is 25.9 Å².